The summed E-state index contributed by atoms with van der Waals surface area (Å²) in [5.41, 5.74) is 11.8. The van der Waals surface area contributed by atoms with Crippen molar-refractivity contribution in [2.45, 2.75) is 70.2 Å². The van der Waals surface area contributed by atoms with Gasteiger partial charge < -0.3 is 5.73 Å². The van der Waals surface area contributed by atoms with Crippen LogP contribution in [0.3, 0.4) is 0 Å². The van der Waals surface area contributed by atoms with Gasteiger partial charge in [-0.2, -0.15) is 18.4 Å². The summed E-state index contributed by atoms with van der Waals surface area (Å²) in [4.78, 5) is 16.6. The number of benzene rings is 3. The Labute approximate surface area is 255 Å². The lowest BCUT2D eigenvalue weighted by molar-refractivity contribution is -0.137. The van der Waals surface area contributed by atoms with E-state index in [0.29, 0.717) is 23.4 Å². The molecule has 4 nitrogen and oxygen atoms in total. The molecule has 1 atom stereocenters. The number of halogens is 3. The monoisotopic (exact) mass is 601 g/mol. The summed E-state index contributed by atoms with van der Waals surface area (Å²) in [6.45, 7) is 9.97. The summed E-state index contributed by atoms with van der Waals surface area (Å²) in [5.74, 6) is -0.0909. The molecule has 5 rings (SSSR count). The Balaban J connectivity index is 1.68. The van der Waals surface area contributed by atoms with Gasteiger partial charge in [-0.05, 0) is 79.6 Å². The molecule has 222 valence electrons. The number of Topliss-reactive ketones (excluding diaryl/α,β-unsaturated/α-hetero) is 1. The van der Waals surface area contributed by atoms with Gasteiger partial charge in [-0.15, -0.1) is 11.8 Å². The number of ketones is 1. The van der Waals surface area contributed by atoms with Gasteiger partial charge in [-0.3, -0.25) is 9.69 Å². The van der Waals surface area contributed by atoms with Crippen LogP contribution in [0.4, 0.5) is 18.9 Å². The van der Waals surface area contributed by atoms with E-state index >= 15 is 0 Å². The predicted molar refractivity (Wildman–Crippen MR) is 165 cm³/mol. The minimum atomic E-state index is -4.56. The van der Waals surface area contributed by atoms with Gasteiger partial charge in [0.2, 0.25) is 0 Å². The number of rotatable bonds is 5. The SMILES string of the molecule is Cc1ccc(SCc2cc(C)cc(C3C(C#N)=C(N)N(c4cccc(C(F)(F)F)c4)C4=C3C(=O)CC(C)(C)C4)c2C)cc1. The molecule has 1 heterocycles. The highest BCUT2D eigenvalue weighted by Crippen LogP contribution is 2.51. The van der Waals surface area contributed by atoms with Gasteiger partial charge in [0.05, 0.1) is 23.1 Å². The van der Waals surface area contributed by atoms with Crippen molar-refractivity contribution in [2.75, 3.05) is 4.90 Å². The van der Waals surface area contributed by atoms with E-state index in [-0.39, 0.29) is 29.3 Å². The Morgan fingerprint density at radius 1 is 1.02 bits per heavy atom. The summed E-state index contributed by atoms with van der Waals surface area (Å²) in [6.07, 6.45) is -3.88. The number of thioether (sulfide) groups is 1. The number of aryl methyl sites for hydroxylation is 2. The van der Waals surface area contributed by atoms with Crippen LogP contribution in [-0.2, 0) is 16.7 Å². The molecule has 2 aliphatic rings. The Morgan fingerprint density at radius 2 is 1.72 bits per heavy atom. The Kier molecular flexibility index (Phi) is 8.00. The fraction of sp³-hybridized carbons (Fsp3) is 0.314. The quantitative estimate of drug-likeness (QED) is 0.296. The first-order valence-corrected chi connectivity index (χ1v) is 15.1. The molecule has 0 aromatic heterocycles. The minimum Gasteiger partial charge on any atom is -0.384 e. The summed E-state index contributed by atoms with van der Waals surface area (Å²) < 4.78 is 41.1. The fourth-order valence-corrected chi connectivity index (χ4v) is 7.10. The number of allylic oxidation sites excluding steroid dienone is 3. The van der Waals surface area contributed by atoms with Gasteiger partial charge >= 0.3 is 6.18 Å². The number of nitrogens with zero attached hydrogens (tertiary/aromatic N) is 2. The average Bonchev–Trinajstić information content (AvgIpc) is 2.92. The normalized spacial score (nSPS) is 18.5. The molecule has 1 aliphatic carbocycles. The van der Waals surface area contributed by atoms with Gasteiger partial charge in [0.1, 0.15) is 5.82 Å². The zero-order valence-electron chi connectivity index (χ0n) is 24.9. The van der Waals surface area contributed by atoms with Gasteiger partial charge in [0, 0.05) is 34.0 Å². The molecule has 3 aromatic rings. The molecule has 1 aliphatic heterocycles. The molecule has 0 bridgehead atoms. The lowest BCUT2D eigenvalue weighted by Gasteiger charge is -2.44. The Morgan fingerprint density at radius 3 is 2.37 bits per heavy atom. The van der Waals surface area contributed by atoms with Crippen LogP contribution in [0.15, 0.2) is 88.2 Å². The van der Waals surface area contributed by atoms with Crippen LogP contribution in [-0.4, -0.2) is 5.78 Å². The number of alkyl halides is 3. The zero-order valence-corrected chi connectivity index (χ0v) is 25.7. The lowest BCUT2D eigenvalue weighted by atomic mass is 9.68. The van der Waals surface area contributed by atoms with Crippen molar-refractivity contribution in [2.24, 2.45) is 11.1 Å². The van der Waals surface area contributed by atoms with Crippen molar-refractivity contribution in [3.05, 3.63) is 117 Å². The maximum absolute atomic E-state index is 14.0. The Hall–Kier alpha value is -3.96. The van der Waals surface area contributed by atoms with Gasteiger partial charge in [-0.1, -0.05) is 55.3 Å². The van der Waals surface area contributed by atoms with Crippen LogP contribution in [0.5, 0.6) is 0 Å². The van der Waals surface area contributed by atoms with E-state index in [9.17, 15) is 23.2 Å². The number of hydrogen-bond donors (Lipinski definition) is 1. The van der Waals surface area contributed by atoms with E-state index in [1.807, 2.05) is 40.7 Å². The number of nitrogens with two attached hydrogens (primary N) is 1. The smallest absolute Gasteiger partial charge is 0.384 e. The molecule has 0 radical (unpaired) electrons. The number of anilines is 1. The average molecular weight is 602 g/mol. The van der Waals surface area contributed by atoms with E-state index < -0.39 is 23.1 Å². The molecule has 2 N–H and O–H groups in total. The lowest BCUT2D eigenvalue weighted by Crippen LogP contribution is -2.42. The predicted octanol–water partition coefficient (Wildman–Crippen LogP) is 8.86. The summed E-state index contributed by atoms with van der Waals surface area (Å²) in [6, 6.07) is 19.6. The molecule has 43 heavy (non-hydrogen) atoms. The first-order chi connectivity index (χ1) is 20.2. The Bertz CT molecular complexity index is 1710. The molecular weight excluding hydrogens is 567 g/mol. The second kappa shape index (κ2) is 11.3. The third-order valence-electron chi connectivity index (χ3n) is 8.24. The first-order valence-electron chi connectivity index (χ1n) is 14.1. The van der Waals surface area contributed by atoms with Crippen LogP contribution in [0.1, 0.15) is 66.0 Å². The molecule has 8 heteroatoms. The molecule has 0 spiro atoms. The number of carbonyl (C=O) groups excluding carboxylic acids is 1. The fourth-order valence-electron chi connectivity index (χ4n) is 6.15. The maximum Gasteiger partial charge on any atom is 0.416 e. The highest BCUT2D eigenvalue weighted by atomic mass is 32.2. The summed E-state index contributed by atoms with van der Waals surface area (Å²) in [7, 11) is 0. The van der Waals surface area contributed by atoms with Crippen LogP contribution in [0.2, 0.25) is 0 Å². The largest absolute Gasteiger partial charge is 0.416 e. The third kappa shape index (κ3) is 5.96. The zero-order chi connectivity index (χ0) is 31.3. The number of carbonyl (C=O) groups is 1. The number of nitriles is 1. The van der Waals surface area contributed by atoms with Crippen LogP contribution in [0.25, 0.3) is 0 Å². The molecular formula is C35H34F3N3OS. The molecule has 0 saturated heterocycles. The van der Waals surface area contributed by atoms with Crippen LogP contribution in [0, 0.1) is 37.5 Å². The van der Waals surface area contributed by atoms with Crippen LogP contribution >= 0.6 is 11.8 Å². The first kappa shape index (κ1) is 30.5. The minimum absolute atomic E-state index is 0.0487. The van der Waals surface area contributed by atoms with E-state index in [1.54, 1.807) is 11.8 Å². The maximum atomic E-state index is 14.0. The molecule has 0 fully saturated rings. The van der Waals surface area contributed by atoms with Crippen molar-refractivity contribution < 1.29 is 18.0 Å². The highest BCUT2D eigenvalue weighted by Gasteiger charge is 2.45. The van der Waals surface area contributed by atoms with Gasteiger partial charge in [0.25, 0.3) is 0 Å². The van der Waals surface area contributed by atoms with Crippen molar-refractivity contribution in [3.8, 4) is 6.07 Å². The van der Waals surface area contributed by atoms with Crippen molar-refractivity contribution in [1.82, 2.24) is 0 Å². The molecule has 0 amide bonds. The molecule has 3 aromatic carbocycles. The number of hydrogen-bond acceptors (Lipinski definition) is 5. The van der Waals surface area contributed by atoms with Crippen molar-refractivity contribution in [3.63, 3.8) is 0 Å². The third-order valence-corrected chi connectivity index (χ3v) is 9.30. The summed E-state index contributed by atoms with van der Waals surface area (Å²) >= 11 is 1.71. The van der Waals surface area contributed by atoms with Gasteiger partial charge in [0.15, 0.2) is 5.78 Å². The van der Waals surface area contributed by atoms with Gasteiger partial charge in [-0.25, -0.2) is 0 Å². The topological polar surface area (TPSA) is 70.1 Å². The second-order valence-electron chi connectivity index (χ2n) is 12.3. The van der Waals surface area contributed by atoms with Crippen LogP contribution < -0.4 is 10.6 Å². The van der Waals surface area contributed by atoms with E-state index in [1.165, 1.54) is 22.6 Å². The second-order valence-corrected chi connectivity index (χ2v) is 13.3. The highest BCUT2D eigenvalue weighted by molar-refractivity contribution is 7.98. The van der Waals surface area contributed by atoms with Crippen molar-refractivity contribution in [1.29, 1.82) is 5.26 Å². The van der Waals surface area contributed by atoms with E-state index in [0.717, 1.165) is 39.3 Å². The van der Waals surface area contributed by atoms with E-state index in [2.05, 4.69) is 36.4 Å². The standard InChI is InChI=1S/C35H34F3N3OS/c1-20-9-11-26(12-10-20)43-19-23-13-21(2)14-27(22(23)3)31-28(18-39)33(40)41(25-8-6-7-24(15-25)35(36,37)38)29-16-34(4,5)17-30(42)32(29)31/h6-15,31H,16-17,19,40H2,1-5H3. The van der Waals surface area contributed by atoms with Crippen molar-refractivity contribution >= 4 is 23.2 Å². The summed E-state index contributed by atoms with van der Waals surface area (Å²) in [5, 5.41) is 10.5. The molecule has 1 unspecified atom stereocenters. The molecule has 0 saturated carbocycles. The van der Waals surface area contributed by atoms with E-state index in [4.69, 9.17) is 5.73 Å².